The quantitative estimate of drug-likeness (QED) is 0.862. The first kappa shape index (κ1) is 13.7. The highest BCUT2D eigenvalue weighted by Crippen LogP contribution is 2.27. The minimum absolute atomic E-state index is 0.160. The second-order valence-corrected chi connectivity index (χ2v) is 4.76. The Balaban J connectivity index is 2.13. The normalized spacial score (nSPS) is 18.8. The molecule has 19 heavy (non-hydrogen) atoms. The third kappa shape index (κ3) is 2.98. The lowest BCUT2D eigenvalue weighted by Crippen LogP contribution is -2.25. The maximum atomic E-state index is 11.9. The van der Waals surface area contributed by atoms with Gasteiger partial charge in [-0.2, -0.15) is 0 Å². The number of ether oxygens (including phenoxy) is 2. The molecule has 1 atom stereocenters. The Morgan fingerprint density at radius 3 is 2.74 bits per heavy atom. The van der Waals surface area contributed by atoms with Gasteiger partial charge in [-0.25, -0.2) is 0 Å². The van der Waals surface area contributed by atoms with E-state index in [4.69, 9.17) is 15.2 Å². The van der Waals surface area contributed by atoms with E-state index in [2.05, 4.69) is 0 Å². The molecule has 1 aliphatic heterocycles. The van der Waals surface area contributed by atoms with Crippen LogP contribution in [0.25, 0.3) is 0 Å². The van der Waals surface area contributed by atoms with Crippen LogP contribution in [0.5, 0.6) is 11.5 Å². The van der Waals surface area contributed by atoms with E-state index in [0.717, 1.165) is 23.6 Å². The van der Waals surface area contributed by atoms with Crippen LogP contribution < -0.4 is 15.2 Å². The molecule has 1 amide bonds. The Kier molecular flexibility index (Phi) is 4.27. The highest BCUT2D eigenvalue weighted by atomic mass is 16.5. The first-order chi connectivity index (χ1) is 9.17. The van der Waals surface area contributed by atoms with Gasteiger partial charge < -0.3 is 20.1 Å². The Hall–Kier alpha value is -1.75. The Morgan fingerprint density at radius 1 is 1.37 bits per heavy atom. The fraction of sp³-hybridized carbons (Fsp3) is 0.500. The number of hydrogen-bond donors (Lipinski definition) is 1. The van der Waals surface area contributed by atoms with Gasteiger partial charge in [-0.15, -0.1) is 0 Å². The SMILES string of the molecule is COc1ccc(CN2CC(CN)CC2=O)c(OC)c1. The molecule has 2 N–H and O–H groups in total. The molecule has 2 rings (SSSR count). The molecule has 0 radical (unpaired) electrons. The van der Waals surface area contributed by atoms with Crippen LogP contribution in [0, 0.1) is 5.92 Å². The minimum atomic E-state index is 0.160. The third-order valence-electron chi connectivity index (χ3n) is 3.48. The van der Waals surface area contributed by atoms with Crippen molar-refractivity contribution in [2.45, 2.75) is 13.0 Å². The fourth-order valence-electron chi connectivity index (χ4n) is 2.35. The zero-order chi connectivity index (χ0) is 13.8. The average Bonchev–Trinajstić information content (AvgIpc) is 2.80. The molecule has 5 heteroatoms. The van der Waals surface area contributed by atoms with Crippen molar-refractivity contribution >= 4 is 5.91 Å². The predicted molar refractivity (Wildman–Crippen MR) is 72.1 cm³/mol. The predicted octanol–water partition coefficient (Wildman–Crippen LogP) is 1.01. The number of amides is 1. The standard InChI is InChI=1S/C14H20N2O3/c1-18-12-4-3-11(13(6-12)19-2)9-16-8-10(7-15)5-14(16)17/h3-4,6,10H,5,7-9,15H2,1-2H3. The number of nitrogens with zero attached hydrogens (tertiary/aromatic N) is 1. The lowest BCUT2D eigenvalue weighted by molar-refractivity contribution is -0.128. The summed E-state index contributed by atoms with van der Waals surface area (Å²) >= 11 is 0. The third-order valence-corrected chi connectivity index (χ3v) is 3.48. The molecule has 0 aliphatic carbocycles. The molecule has 5 nitrogen and oxygen atoms in total. The largest absolute Gasteiger partial charge is 0.497 e. The number of methoxy groups -OCH3 is 2. The number of benzene rings is 1. The second kappa shape index (κ2) is 5.93. The molecule has 104 valence electrons. The van der Waals surface area contributed by atoms with E-state index in [1.165, 1.54) is 0 Å². The molecule has 1 heterocycles. The van der Waals surface area contributed by atoms with Gasteiger partial charge in [0, 0.05) is 31.1 Å². The lowest BCUT2D eigenvalue weighted by Gasteiger charge is -2.18. The van der Waals surface area contributed by atoms with Gasteiger partial charge in [0.15, 0.2) is 0 Å². The molecule has 1 saturated heterocycles. The molecule has 1 aromatic rings. The molecule has 1 unspecified atom stereocenters. The maximum absolute atomic E-state index is 11.9. The lowest BCUT2D eigenvalue weighted by atomic mass is 10.1. The van der Waals surface area contributed by atoms with Crippen molar-refractivity contribution in [1.29, 1.82) is 0 Å². The van der Waals surface area contributed by atoms with E-state index in [0.29, 0.717) is 19.5 Å². The van der Waals surface area contributed by atoms with Crippen molar-refractivity contribution in [2.24, 2.45) is 11.7 Å². The molecular formula is C14H20N2O3. The first-order valence-electron chi connectivity index (χ1n) is 6.36. The van der Waals surface area contributed by atoms with Gasteiger partial charge in [0.05, 0.1) is 14.2 Å². The molecule has 0 bridgehead atoms. The fourth-order valence-corrected chi connectivity index (χ4v) is 2.35. The van der Waals surface area contributed by atoms with Crippen LogP contribution >= 0.6 is 0 Å². The molecule has 1 aliphatic rings. The number of hydrogen-bond acceptors (Lipinski definition) is 4. The number of nitrogens with two attached hydrogens (primary N) is 1. The van der Waals surface area contributed by atoms with Gasteiger partial charge in [-0.3, -0.25) is 4.79 Å². The summed E-state index contributed by atoms with van der Waals surface area (Å²) in [6.07, 6.45) is 0.551. The van der Waals surface area contributed by atoms with Crippen LogP contribution in [-0.4, -0.2) is 38.1 Å². The summed E-state index contributed by atoms with van der Waals surface area (Å²) in [5.74, 6) is 1.92. The van der Waals surface area contributed by atoms with Gasteiger partial charge in [0.2, 0.25) is 5.91 Å². The van der Waals surface area contributed by atoms with E-state index in [1.54, 1.807) is 14.2 Å². The van der Waals surface area contributed by atoms with E-state index < -0.39 is 0 Å². The van der Waals surface area contributed by atoms with Gasteiger partial charge in [0.25, 0.3) is 0 Å². The monoisotopic (exact) mass is 264 g/mol. The van der Waals surface area contributed by atoms with Crippen LogP contribution in [0.1, 0.15) is 12.0 Å². The summed E-state index contributed by atoms with van der Waals surface area (Å²) in [6.45, 7) is 1.84. The Bertz CT molecular complexity index is 462. The van der Waals surface area contributed by atoms with Crippen molar-refractivity contribution < 1.29 is 14.3 Å². The summed E-state index contributed by atoms with van der Waals surface area (Å²) in [6, 6.07) is 5.63. The number of rotatable bonds is 5. The highest BCUT2D eigenvalue weighted by molar-refractivity contribution is 5.78. The molecule has 0 aromatic heterocycles. The summed E-state index contributed by atoms with van der Waals surface area (Å²) in [5.41, 5.74) is 6.61. The molecule has 0 spiro atoms. The smallest absolute Gasteiger partial charge is 0.223 e. The molecular weight excluding hydrogens is 244 g/mol. The molecule has 1 fully saturated rings. The second-order valence-electron chi connectivity index (χ2n) is 4.76. The van der Waals surface area contributed by atoms with Crippen molar-refractivity contribution in [3.05, 3.63) is 23.8 Å². The number of carbonyl (C=O) groups is 1. The summed E-state index contributed by atoms with van der Waals surface area (Å²) in [7, 11) is 3.23. The average molecular weight is 264 g/mol. The van der Waals surface area contributed by atoms with E-state index in [1.807, 2.05) is 23.1 Å². The van der Waals surface area contributed by atoms with Gasteiger partial charge in [0.1, 0.15) is 11.5 Å². The van der Waals surface area contributed by atoms with E-state index in [-0.39, 0.29) is 11.8 Å². The van der Waals surface area contributed by atoms with E-state index in [9.17, 15) is 4.79 Å². The van der Waals surface area contributed by atoms with E-state index >= 15 is 0 Å². The summed E-state index contributed by atoms with van der Waals surface area (Å²) in [4.78, 5) is 13.7. The highest BCUT2D eigenvalue weighted by Gasteiger charge is 2.28. The molecule has 0 saturated carbocycles. The molecule has 1 aromatic carbocycles. The number of likely N-dealkylation sites (tertiary alicyclic amines) is 1. The van der Waals surface area contributed by atoms with Crippen LogP contribution in [0.2, 0.25) is 0 Å². The summed E-state index contributed by atoms with van der Waals surface area (Å²) in [5, 5.41) is 0. The maximum Gasteiger partial charge on any atom is 0.223 e. The summed E-state index contributed by atoms with van der Waals surface area (Å²) < 4.78 is 10.5. The van der Waals surface area contributed by atoms with Crippen molar-refractivity contribution in [3.63, 3.8) is 0 Å². The number of carbonyl (C=O) groups excluding carboxylic acids is 1. The van der Waals surface area contributed by atoms with Crippen molar-refractivity contribution in [2.75, 3.05) is 27.3 Å². The van der Waals surface area contributed by atoms with Crippen LogP contribution in [-0.2, 0) is 11.3 Å². The first-order valence-corrected chi connectivity index (χ1v) is 6.36. The van der Waals surface area contributed by atoms with Crippen molar-refractivity contribution in [3.8, 4) is 11.5 Å². The van der Waals surface area contributed by atoms with Gasteiger partial charge in [-0.05, 0) is 24.6 Å². The zero-order valence-corrected chi connectivity index (χ0v) is 11.4. The van der Waals surface area contributed by atoms with Gasteiger partial charge in [-0.1, -0.05) is 0 Å². The van der Waals surface area contributed by atoms with Crippen LogP contribution in [0.3, 0.4) is 0 Å². The Labute approximate surface area is 113 Å². The zero-order valence-electron chi connectivity index (χ0n) is 11.4. The van der Waals surface area contributed by atoms with Crippen LogP contribution in [0.15, 0.2) is 18.2 Å². The van der Waals surface area contributed by atoms with Gasteiger partial charge >= 0.3 is 0 Å². The topological polar surface area (TPSA) is 64.8 Å². The van der Waals surface area contributed by atoms with Crippen LogP contribution in [0.4, 0.5) is 0 Å². The Morgan fingerprint density at radius 2 is 2.16 bits per heavy atom. The minimum Gasteiger partial charge on any atom is -0.497 e. The van der Waals surface area contributed by atoms with Crippen molar-refractivity contribution in [1.82, 2.24) is 4.90 Å².